The molecule has 0 amide bonds. The maximum atomic E-state index is 11.2. The summed E-state index contributed by atoms with van der Waals surface area (Å²) in [5.41, 5.74) is 0. The van der Waals surface area contributed by atoms with Crippen molar-refractivity contribution in [3.8, 4) is 0 Å². The van der Waals surface area contributed by atoms with Crippen LogP contribution in [0.5, 0.6) is 0 Å². The zero-order chi connectivity index (χ0) is 9.40. The highest BCUT2D eigenvalue weighted by atomic mass is 32.2. The van der Waals surface area contributed by atoms with E-state index < -0.39 is 10.8 Å². The molecule has 0 aromatic heterocycles. The van der Waals surface area contributed by atoms with Crippen molar-refractivity contribution in [1.29, 1.82) is 0 Å². The van der Waals surface area contributed by atoms with Crippen LogP contribution in [-0.4, -0.2) is 42.0 Å². The summed E-state index contributed by atoms with van der Waals surface area (Å²) in [5.74, 6) is 1.42. The van der Waals surface area contributed by atoms with E-state index in [1.54, 1.807) is 7.11 Å². The molecule has 0 saturated heterocycles. The summed E-state index contributed by atoms with van der Waals surface area (Å²) in [5, 5.41) is 3.23. The smallest absolute Gasteiger partial charge is 0.0624 e. The Morgan fingerprint density at radius 3 is 2.58 bits per heavy atom. The van der Waals surface area contributed by atoms with Crippen LogP contribution in [0.25, 0.3) is 0 Å². The third-order valence-corrected chi connectivity index (χ3v) is 2.99. The number of ether oxygens (including phenoxy) is 1. The van der Waals surface area contributed by atoms with Crippen LogP contribution in [0.2, 0.25) is 0 Å². The van der Waals surface area contributed by atoms with E-state index in [0.29, 0.717) is 12.4 Å². The van der Waals surface area contributed by atoms with Crippen molar-refractivity contribution in [3.05, 3.63) is 0 Å². The van der Waals surface area contributed by atoms with Gasteiger partial charge in [0.25, 0.3) is 0 Å². The third-order valence-electron chi connectivity index (χ3n) is 1.57. The maximum absolute atomic E-state index is 11.2. The van der Waals surface area contributed by atoms with E-state index in [1.807, 2.05) is 13.8 Å². The van der Waals surface area contributed by atoms with Gasteiger partial charge in [-0.05, 0) is 6.54 Å². The van der Waals surface area contributed by atoms with Crippen molar-refractivity contribution in [2.45, 2.75) is 19.9 Å². The largest absolute Gasteiger partial charge is 0.383 e. The Bertz CT molecular complexity index is 124. The molecule has 0 rings (SSSR count). The van der Waals surface area contributed by atoms with Gasteiger partial charge in [-0.3, -0.25) is 4.21 Å². The Labute approximate surface area is 77.3 Å². The zero-order valence-corrected chi connectivity index (χ0v) is 8.95. The number of rotatable bonds is 7. The molecule has 3 nitrogen and oxygen atoms in total. The molecule has 0 aliphatic carbocycles. The quantitative estimate of drug-likeness (QED) is 0.635. The number of nitrogens with one attached hydrogen (secondary N) is 1. The molecule has 0 aliphatic rings. The minimum atomic E-state index is -0.703. The molecule has 2 unspecified atom stereocenters. The average Bonchev–Trinajstić information content (AvgIpc) is 2.05. The van der Waals surface area contributed by atoms with Gasteiger partial charge >= 0.3 is 0 Å². The maximum Gasteiger partial charge on any atom is 0.0624 e. The van der Waals surface area contributed by atoms with Gasteiger partial charge in [0.1, 0.15) is 0 Å². The minimum Gasteiger partial charge on any atom is -0.383 e. The van der Waals surface area contributed by atoms with E-state index in [0.717, 1.165) is 12.3 Å². The SMILES string of the molecule is CCNC(COC)CS(=O)CC. The fourth-order valence-electron chi connectivity index (χ4n) is 0.998. The molecule has 0 saturated carbocycles. The molecule has 74 valence electrons. The second-order valence-electron chi connectivity index (χ2n) is 2.61. The van der Waals surface area contributed by atoms with Gasteiger partial charge in [-0.25, -0.2) is 0 Å². The second-order valence-corrected chi connectivity index (χ2v) is 4.40. The molecular formula is C8H19NO2S. The topological polar surface area (TPSA) is 38.3 Å². The van der Waals surface area contributed by atoms with Crippen LogP contribution in [0.4, 0.5) is 0 Å². The Morgan fingerprint density at radius 1 is 1.50 bits per heavy atom. The minimum absolute atomic E-state index is 0.237. The Kier molecular flexibility index (Phi) is 7.75. The summed E-state index contributed by atoms with van der Waals surface area (Å²) in [7, 11) is 0.963. The fraction of sp³-hybridized carbons (Fsp3) is 1.00. The van der Waals surface area contributed by atoms with Gasteiger partial charge in [0.15, 0.2) is 0 Å². The summed E-state index contributed by atoms with van der Waals surface area (Å²) in [6.07, 6.45) is 0. The fourth-order valence-corrected chi connectivity index (χ4v) is 1.90. The molecule has 0 aromatic carbocycles. The lowest BCUT2D eigenvalue weighted by molar-refractivity contribution is 0.174. The second kappa shape index (κ2) is 7.71. The molecule has 12 heavy (non-hydrogen) atoms. The van der Waals surface area contributed by atoms with Crippen LogP contribution in [0, 0.1) is 0 Å². The van der Waals surface area contributed by atoms with Crippen LogP contribution in [0.1, 0.15) is 13.8 Å². The summed E-state index contributed by atoms with van der Waals surface area (Å²) < 4.78 is 16.2. The Hall–Kier alpha value is 0.0700. The third kappa shape index (κ3) is 5.69. The molecule has 0 spiro atoms. The first-order chi connectivity index (χ1) is 5.74. The van der Waals surface area contributed by atoms with E-state index >= 15 is 0 Å². The highest BCUT2D eigenvalue weighted by molar-refractivity contribution is 7.84. The van der Waals surface area contributed by atoms with Crippen molar-refractivity contribution in [2.24, 2.45) is 0 Å². The molecule has 0 fully saturated rings. The predicted octanol–water partition coefficient (Wildman–Crippen LogP) is 0.379. The van der Waals surface area contributed by atoms with E-state index in [-0.39, 0.29) is 6.04 Å². The van der Waals surface area contributed by atoms with Gasteiger partial charge in [-0.2, -0.15) is 0 Å². The van der Waals surface area contributed by atoms with E-state index in [1.165, 1.54) is 0 Å². The van der Waals surface area contributed by atoms with Gasteiger partial charge in [-0.15, -0.1) is 0 Å². The van der Waals surface area contributed by atoms with Crippen molar-refractivity contribution in [2.75, 3.05) is 31.8 Å². The van der Waals surface area contributed by atoms with Crippen LogP contribution >= 0.6 is 0 Å². The first-order valence-corrected chi connectivity index (χ1v) is 5.80. The number of likely N-dealkylation sites (N-methyl/N-ethyl adjacent to an activating group) is 1. The lowest BCUT2D eigenvalue weighted by Gasteiger charge is -2.15. The lowest BCUT2D eigenvalue weighted by atomic mass is 10.3. The molecule has 0 bridgehead atoms. The van der Waals surface area contributed by atoms with E-state index in [9.17, 15) is 4.21 Å². The van der Waals surface area contributed by atoms with Crippen LogP contribution < -0.4 is 5.32 Å². The number of hydrogen-bond acceptors (Lipinski definition) is 3. The van der Waals surface area contributed by atoms with Crippen molar-refractivity contribution >= 4 is 10.8 Å². The first-order valence-electron chi connectivity index (χ1n) is 4.31. The van der Waals surface area contributed by atoms with Crippen molar-refractivity contribution in [1.82, 2.24) is 5.32 Å². The summed E-state index contributed by atoms with van der Waals surface area (Å²) in [6.45, 7) is 5.51. The summed E-state index contributed by atoms with van der Waals surface area (Å²) in [4.78, 5) is 0. The monoisotopic (exact) mass is 193 g/mol. The van der Waals surface area contributed by atoms with Gasteiger partial charge in [0.2, 0.25) is 0 Å². The van der Waals surface area contributed by atoms with Crippen LogP contribution in [0.3, 0.4) is 0 Å². The van der Waals surface area contributed by atoms with Gasteiger partial charge in [0.05, 0.1) is 6.61 Å². The number of hydrogen-bond donors (Lipinski definition) is 1. The molecule has 2 atom stereocenters. The molecule has 4 heteroatoms. The highest BCUT2D eigenvalue weighted by Crippen LogP contribution is 1.90. The van der Waals surface area contributed by atoms with Crippen LogP contribution in [-0.2, 0) is 15.5 Å². The molecule has 0 aliphatic heterocycles. The average molecular weight is 193 g/mol. The summed E-state index contributed by atoms with van der Waals surface area (Å²) in [6, 6.07) is 0.237. The Balaban J connectivity index is 3.68. The zero-order valence-electron chi connectivity index (χ0n) is 8.13. The molecular weight excluding hydrogens is 174 g/mol. The Morgan fingerprint density at radius 2 is 2.17 bits per heavy atom. The lowest BCUT2D eigenvalue weighted by Crippen LogP contribution is -2.38. The van der Waals surface area contributed by atoms with Gasteiger partial charge in [-0.1, -0.05) is 13.8 Å². The molecule has 0 aromatic rings. The molecule has 0 heterocycles. The predicted molar refractivity (Wildman–Crippen MR) is 52.9 cm³/mol. The van der Waals surface area contributed by atoms with Gasteiger partial charge < -0.3 is 10.1 Å². The highest BCUT2D eigenvalue weighted by Gasteiger charge is 2.09. The number of methoxy groups -OCH3 is 1. The summed E-state index contributed by atoms with van der Waals surface area (Å²) >= 11 is 0. The van der Waals surface area contributed by atoms with E-state index in [4.69, 9.17) is 4.74 Å². The first kappa shape index (κ1) is 12.1. The van der Waals surface area contributed by atoms with E-state index in [2.05, 4.69) is 5.32 Å². The molecule has 0 radical (unpaired) electrons. The van der Waals surface area contributed by atoms with Crippen molar-refractivity contribution < 1.29 is 8.95 Å². The standard InChI is InChI=1S/C8H19NO2S/c1-4-9-8(6-11-3)7-12(10)5-2/h8-9H,4-7H2,1-3H3. The van der Waals surface area contributed by atoms with Crippen molar-refractivity contribution in [3.63, 3.8) is 0 Å². The normalized spacial score (nSPS) is 15.9. The molecule has 1 N–H and O–H groups in total. The van der Waals surface area contributed by atoms with Crippen LogP contribution in [0.15, 0.2) is 0 Å². The van der Waals surface area contributed by atoms with Gasteiger partial charge in [0, 0.05) is 35.5 Å².